The summed E-state index contributed by atoms with van der Waals surface area (Å²) in [4.78, 5) is 11.5. The summed E-state index contributed by atoms with van der Waals surface area (Å²) in [5, 5.41) is 4.00. The van der Waals surface area contributed by atoms with Crippen molar-refractivity contribution in [2.75, 3.05) is 19.6 Å². The van der Waals surface area contributed by atoms with Gasteiger partial charge >= 0.3 is 0 Å². The van der Waals surface area contributed by atoms with Crippen LogP contribution in [0.4, 0.5) is 0 Å². The molecule has 20 heavy (non-hydrogen) atoms. The maximum absolute atomic E-state index is 6.04. The molecular formula is C15H23ClN4. The fourth-order valence-corrected chi connectivity index (χ4v) is 3.27. The van der Waals surface area contributed by atoms with E-state index in [4.69, 9.17) is 11.6 Å². The molecule has 2 heterocycles. The Morgan fingerprint density at radius 1 is 1.25 bits per heavy atom. The van der Waals surface area contributed by atoms with E-state index in [2.05, 4.69) is 20.2 Å². The molecule has 0 amide bonds. The van der Waals surface area contributed by atoms with Gasteiger partial charge in [-0.05, 0) is 57.7 Å². The molecular weight excluding hydrogens is 272 g/mol. The van der Waals surface area contributed by atoms with Crippen LogP contribution in [0.5, 0.6) is 0 Å². The van der Waals surface area contributed by atoms with Gasteiger partial charge < -0.3 is 5.32 Å². The van der Waals surface area contributed by atoms with Crippen LogP contribution in [0.15, 0.2) is 6.07 Å². The van der Waals surface area contributed by atoms with Crippen LogP contribution in [0.3, 0.4) is 0 Å². The lowest BCUT2D eigenvalue weighted by Gasteiger charge is -2.29. The second-order valence-corrected chi connectivity index (χ2v) is 6.49. The van der Waals surface area contributed by atoms with Gasteiger partial charge in [0.25, 0.3) is 0 Å². The Morgan fingerprint density at radius 3 is 2.65 bits per heavy atom. The fourth-order valence-electron chi connectivity index (χ4n) is 3.02. The summed E-state index contributed by atoms with van der Waals surface area (Å²) < 4.78 is 0. The molecule has 2 aliphatic rings. The molecule has 1 saturated carbocycles. The Hall–Kier alpha value is -0.710. The monoisotopic (exact) mass is 294 g/mol. The third-order valence-corrected chi connectivity index (χ3v) is 4.42. The number of hydrogen-bond acceptors (Lipinski definition) is 4. The Morgan fingerprint density at radius 2 is 2.00 bits per heavy atom. The van der Waals surface area contributed by atoms with Crippen LogP contribution in [0.25, 0.3) is 0 Å². The van der Waals surface area contributed by atoms with Crippen LogP contribution in [0.2, 0.25) is 5.15 Å². The van der Waals surface area contributed by atoms with Gasteiger partial charge in [-0.1, -0.05) is 11.6 Å². The van der Waals surface area contributed by atoms with Crippen LogP contribution in [-0.2, 0) is 6.54 Å². The molecule has 1 aliphatic heterocycles. The highest BCUT2D eigenvalue weighted by atomic mass is 35.5. The average Bonchev–Trinajstić information content (AvgIpc) is 3.22. The molecule has 0 aromatic carbocycles. The lowest BCUT2D eigenvalue weighted by Crippen LogP contribution is -2.37. The normalized spacial score (nSPS) is 20.6. The van der Waals surface area contributed by atoms with Gasteiger partial charge in [0.05, 0.1) is 6.54 Å². The maximum atomic E-state index is 6.04. The molecule has 0 spiro atoms. The van der Waals surface area contributed by atoms with Crippen molar-refractivity contribution in [1.82, 2.24) is 20.2 Å². The minimum atomic E-state index is 0.560. The summed E-state index contributed by atoms with van der Waals surface area (Å²) in [7, 11) is 0. The SMILES string of the molecule is Cc1cc(Cl)nc(CN(CC2CCNCC2)C2CC2)n1. The maximum Gasteiger partial charge on any atom is 0.144 e. The highest BCUT2D eigenvalue weighted by Gasteiger charge is 2.31. The molecule has 3 rings (SSSR count). The van der Waals surface area contributed by atoms with E-state index in [0.29, 0.717) is 5.15 Å². The molecule has 0 radical (unpaired) electrons. The molecule has 0 bridgehead atoms. The smallest absolute Gasteiger partial charge is 0.144 e. The standard InChI is InChI=1S/C15H23ClN4/c1-11-8-14(16)19-15(18-11)10-20(13-2-3-13)9-12-4-6-17-7-5-12/h8,12-13,17H,2-7,9-10H2,1H3. The third-order valence-electron chi connectivity index (χ3n) is 4.23. The Balaban J connectivity index is 1.64. The van der Waals surface area contributed by atoms with Gasteiger partial charge in [0.15, 0.2) is 0 Å². The van der Waals surface area contributed by atoms with E-state index in [1.165, 1.54) is 32.2 Å². The largest absolute Gasteiger partial charge is 0.317 e. The van der Waals surface area contributed by atoms with E-state index in [1.54, 1.807) is 0 Å². The van der Waals surface area contributed by atoms with Gasteiger partial charge in [-0.2, -0.15) is 0 Å². The van der Waals surface area contributed by atoms with Gasteiger partial charge in [0.1, 0.15) is 11.0 Å². The summed E-state index contributed by atoms with van der Waals surface area (Å²) in [5.74, 6) is 1.69. The van der Waals surface area contributed by atoms with E-state index in [0.717, 1.165) is 43.1 Å². The zero-order chi connectivity index (χ0) is 13.9. The molecule has 1 aromatic heterocycles. The van der Waals surface area contributed by atoms with E-state index in [9.17, 15) is 0 Å². The molecule has 0 atom stereocenters. The second-order valence-electron chi connectivity index (χ2n) is 6.10. The average molecular weight is 295 g/mol. The van der Waals surface area contributed by atoms with E-state index in [-0.39, 0.29) is 0 Å². The van der Waals surface area contributed by atoms with E-state index < -0.39 is 0 Å². The minimum Gasteiger partial charge on any atom is -0.317 e. The van der Waals surface area contributed by atoms with Crippen molar-refractivity contribution in [2.45, 2.75) is 45.2 Å². The predicted octanol–water partition coefficient (Wildman–Crippen LogP) is 2.40. The molecule has 1 N–H and O–H groups in total. The lowest BCUT2D eigenvalue weighted by atomic mass is 9.97. The highest BCUT2D eigenvalue weighted by Crippen LogP contribution is 2.30. The first-order chi connectivity index (χ1) is 9.70. The Bertz CT molecular complexity index is 435. The lowest BCUT2D eigenvalue weighted by molar-refractivity contribution is 0.186. The van der Waals surface area contributed by atoms with Crippen LogP contribution < -0.4 is 5.32 Å². The molecule has 4 nitrogen and oxygen atoms in total. The Labute approximate surface area is 125 Å². The van der Waals surface area contributed by atoms with E-state index >= 15 is 0 Å². The van der Waals surface area contributed by atoms with Gasteiger partial charge in [-0.25, -0.2) is 9.97 Å². The van der Waals surface area contributed by atoms with Gasteiger partial charge in [0.2, 0.25) is 0 Å². The van der Waals surface area contributed by atoms with Crippen molar-refractivity contribution in [2.24, 2.45) is 5.92 Å². The summed E-state index contributed by atoms with van der Waals surface area (Å²) in [5.41, 5.74) is 0.956. The van der Waals surface area contributed by atoms with Crippen molar-refractivity contribution in [1.29, 1.82) is 0 Å². The van der Waals surface area contributed by atoms with Gasteiger partial charge in [-0.3, -0.25) is 4.90 Å². The van der Waals surface area contributed by atoms with Crippen molar-refractivity contribution >= 4 is 11.6 Å². The first-order valence-electron chi connectivity index (χ1n) is 7.65. The van der Waals surface area contributed by atoms with Crippen LogP contribution in [0.1, 0.15) is 37.2 Å². The number of piperidine rings is 1. The number of hydrogen-bond donors (Lipinski definition) is 1. The first-order valence-corrected chi connectivity index (χ1v) is 8.03. The predicted molar refractivity (Wildman–Crippen MR) is 80.8 cm³/mol. The third kappa shape index (κ3) is 3.90. The zero-order valence-corrected chi connectivity index (χ0v) is 12.9. The number of halogens is 1. The molecule has 5 heteroatoms. The molecule has 1 saturated heterocycles. The quantitative estimate of drug-likeness (QED) is 0.847. The summed E-state index contributed by atoms with van der Waals surface area (Å²) >= 11 is 6.04. The van der Waals surface area contributed by atoms with Crippen LogP contribution in [-0.4, -0.2) is 40.5 Å². The molecule has 0 unspecified atom stereocenters. The number of nitrogens with zero attached hydrogens (tertiary/aromatic N) is 3. The van der Waals surface area contributed by atoms with Gasteiger partial charge in [-0.15, -0.1) is 0 Å². The number of rotatable bonds is 5. The number of nitrogens with one attached hydrogen (secondary N) is 1. The fraction of sp³-hybridized carbons (Fsp3) is 0.733. The van der Waals surface area contributed by atoms with Crippen molar-refractivity contribution in [3.8, 4) is 0 Å². The molecule has 110 valence electrons. The number of aromatic nitrogens is 2. The zero-order valence-electron chi connectivity index (χ0n) is 12.1. The van der Waals surface area contributed by atoms with Crippen LogP contribution in [0, 0.1) is 12.8 Å². The van der Waals surface area contributed by atoms with Crippen LogP contribution >= 0.6 is 11.6 Å². The van der Waals surface area contributed by atoms with Crippen molar-refractivity contribution in [3.63, 3.8) is 0 Å². The summed E-state index contributed by atoms with van der Waals surface area (Å²) in [6.07, 6.45) is 5.23. The molecule has 1 aliphatic carbocycles. The second kappa shape index (κ2) is 6.37. The van der Waals surface area contributed by atoms with E-state index in [1.807, 2.05) is 13.0 Å². The highest BCUT2D eigenvalue weighted by molar-refractivity contribution is 6.29. The van der Waals surface area contributed by atoms with Crippen molar-refractivity contribution in [3.05, 3.63) is 22.7 Å². The van der Waals surface area contributed by atoms with Crippen molar-refractivity contribution < 1.29 is 0 Å². The summed E-state index contributed by atoms with van der Waals surface area (Å²) in [6, 6.07) is 2.56. The minimum absolute atomic E-state index is 0.560. The van der Waals surface area contributed by atoms with Gasteiger partial charge in [0, 0.05) is 18.3 Å². The number of aryl methyl sites for hydroxylation is 1. The Kier molecular flexibility index (Phi) is 4.54. The topological polar surface area (TPSA) is 41.1 Å². The molecule has 1 aromatic rings. The summed E-state index contributed by atoms with van der Waals surface area (Å²) in [6.45, 7) is 6.33. The molecule has 2 fully saturated rings. The first kappa shape index (κ1) is 14.2.